The molecule has 0 bridgehead atoms. The fourth-order valence-electron chi connectivity index (χ4n) is 1.62. The summed E-state index contributed by atoms with van der Waals surface area (Å²) in [4.78, 5) is 13.5. The summed E-state index contributed by atoms with van der Waals surface area (Å²) < 4.78 is 0. The second kappa shape index (κ2) is 4.58. The van der Waals surface area contributed by atoms with E-state index in [4.69, 9.17) is 5.73 Å². The van der Waals surface area contributed by atoms with Gasteiger partial charge in [0.15, 0.2) is 0 Å². The maximum absolute atomic E-state index is 11.3. The topological polar surface area (TPSA) is 58.4 Å². The molecule has 1 saturated heterocycles. The third-order valence-electron chi connectivity index (χ3n) is 2.38. The third-order valence-corrected chi connectivity index (χ3v) is 2.38. The van der Waals surface area contributed by atoms with Crippen LogP contribution in [0.15, 0.2) is 0 Å². The first kappa shape index (κ1) is 10.5. The molecular formula is C9H19N3O. The van der Waals surface area contributed by atoms with E-state index in [9.17, 15) is 4.79 Å². The van der Waals surface area contributed by atoms with Crippen molar-refractivity contribution in [1.82, 2.24) is 10.2 Å². The number of nitrogens with one attached hydrogen (secondary N) is 1. The van der Waals surface area contributed by atoms with E-state index in [-0.39, 0.29) is 11.9 Å². The molecule has 2 atom stereocenters. The van der Waals surface area contributed by atoms with Crippen LogP contribution in [-0.4, -0.2) is 43.0 Å². The lowest BCUT2D eigenvalue weighted by Gasteiger charge is -2.30. The van der Waals surface area contributed by atoms with Crippen LogP contribution in [0.2, 0.25) is 0 Å². The normalized spacial score (nSPS) is 26.8. The minimum absolute atomic E-state index is 0.0414. The molecule has 1 unspecified atom stereocenters. The van der Waals surface area contributed by atoms with Gasteiger partial charge in [-0.15, -0.1) is 0 Å². The lowest BCUT2D eigenvalue weighted by Crippen LogP contribution is -2.50. The van der Waals surface area contributed by atoms with Gasteiger partial charge >= 0.3 is 0 Å². The summed E-state index contributed by atoms with van der Waals surface area (Å²) in [7, 11) is 2.07. The van der Waals surface area contributed by atoms with E-state index in [0.717, 1.165) is 25.9 Å². The fourth-order valence-corrected chi connectivity index (χ4v) is 1.62. The Morgan fingerprint density at radius 3 is 2.92 bits per heavy atom. The van der Waals surface area contributed by atoms with Gasteiger partial charge in [-0.05, 0) is 33.4 Å². The zero-order valence-electron chi connectivity index (χ0n) is 8.42. The van der Waals surface area contributed by atoms with Crippen molar-refractivity contribution >= 4 is 5.91 Å². The molecule has 1 aliphatic heterocycles. The minimum Gasteiger partial charge on any atom is -0.351 e. The molecule has 0 aromatic carbocycles. The number of hydrogen-bond donors (Lipinski definition) is 2. The zero-order chi connectivity index (χ0) is 9.84. The Balaban J connectivity index is 2.31. The molecule has 1 amide bonds. The van der Waals surface area contributed by atoms with Gasteiger partial charge in [0.2, 0.25) is 5.91 Å². The van der Waals surface area contributed by atoms with Gasteiger partial charge in [0, 0.05) is 12.6 Å². The van der Waals surface area contributed by atoms with Gasteiger partial charge < -0.3 is 16.0 Å². The first-order valence-corrected chi connectivity index (χ1v) is 4.84. The summed E-state index contributed by atoms with van der Waals surface area (Å²) >= 11 is 0. The Labute approximate surface area is 79.5 Å². The Morgan fingerprint density at radius 2 is 2.38 bits per heavy atom. The predicted molar refractivity (Wildman–Crippen MR) is 52.3 cm³/mol. The summed E-state index contributed by atoms with van der Waals surface area (Å²) in [5.41, 5.74) is 5.46. The van der Waals surface area contributed by atoms with E-state index in [1.807, 2.05) is 0 Å². The fraction of sp³-hybridized carbons (Fsp3) is 0.889. The Morgan fingerprint density at radius 1 is 1.69 bits per heavy atom. The number of rotatable bonds is 2. The van der Waals surface area contributed by atoms with Gasteiger partial charge in [-0.1, -0.05) is 0 Å². The predicted octanol–water partition coefficient (Wildman–Crippen LogP) is -0.456. The number of piperidine rings is 1. The molecule has 1 aliphatic rings. The standard InChI is InChI=1S/C9H19N3O/c1-7(10)9(13)11-8-4-3-5-12(2)6-8/h7-8H,3-6,10H2,1-2H3,(H,11,13)/t7?,8-/m0/s1. The molecule has 0 spiro atoms. The van der Waals surface area contributed by atoms with Gasteiger partial charge in [0.25, 0.3) is 0 Å². The number of likely N-dealkylation sites (N-methyl/N-ethyl adjacent to an activating group) is 1. The van der Waals surface area contributed by atoms with Crippen LogP contribution in [0.25, 0.3) is 0 Å². The second-order valence-electron chi connectivity index (χ2n) is 3.90. The van der Waals surface area contributed by atoms with Crippen molar-refractivity contribution < 1.29 is 4.79 Å². The number of nitrogens with two attached hydrogens (primary N) is 1. The SMILES string of the molecule is CC(N)C(=O)N[C@H]1CCCN(C)C1. The quantitative estimate of drug-likeness (QED) is 0.612. The Bertz CT molecular complexity index is 182. The maximum Gasteiger partial charge on any atom is 0.236 e. The Hall–Kier alpha value is -0.610. The molecule has 4 heteroatoms. The number of carbonyl (C=O) groups excluding carboxylic acids is 1. The first-order valence-electron chi connectivity index (χ1n) is 4.84. The molecular weight excluding hydrogens is 166 g/mol. The maximum atomic E-state index is 11.3. The Kier molecular flexibility index (Phi) is 3.69. The van der Waals surface area contributed by atoms with E-state index in [1.54, 1.807) is 6.92 Å². The molecule has 1 heterocycles. The molecule has 4 nitrogen and oxygen atoms in total. The third kappa shape index (κ3) is 3.32. The van der Waals surface area contributed by atoms with E-state index in [2.05, 4.69) is 17.3 Å². The van der Waals surface area contributed by atoms with Crippen LogP contribution in [0.1, 0.15) is 19.8 Å². The summed E-state index contributed by atoms with van der Waals surface area (Å²) in [6.07, 6.45) is 2.23. The largest absolute Gasteiger partial charge is 0.351 e. The molecule has 0 aromatic rings. The van der Waals surface area contributed by atoms with Gasteiger partial charge in [0.05, 0.1) is 6.04 Å². The van der Waals surface area contributed by atoms with Crippen molar-refractivity contribution in [2.24, 2.45) is 5.73 Å². The molecule has 0 aliphatic carbocycles. The molecule has 3 N–H and O–H groups in total. The molecule has 0 aromatic heterocycles. The number of carbonyl (C=O) groups is 1. The number of nitrogens with zero attached hydrogens (tertiary/aromatic N) is 1. The van der Waals surface area contributed by atoms with Gasteiger partial charge in [-0.2, -0.15) is 0 Å². The minimum atomic E-state index is -0.396. The number of hydrogen-bond acceptors (Lipinski definition) is 3. The smallest absolute Gasteiger partial charge is 0.236 e. The molecule has 0 saturated carbocycles. The molecule has 13 heavy (non-hydrogen) atoms. The van der Waals surface area contributed by atoms with Crippen LogP contribution in [-0.2, 0) is 4.79 Å². The summed E-state index contributed by atoms with van der Waals surface area (Å²) in [5.74, 6) is -0.0414. The average molecular weight is 185 g/mol. The van der Waals surface area contributed by atoms with Crippen LogP contribution in [0.5, 0.6) is 0 Å². The van der Waals surface area contributed by atoms with Crippen molar-refractivity contribution in [3.63, 3.8) is 0 Å². The van der Waals surface area contributed by atoms with Gasteiger partial charge in [-0.25, -0.2) is 0 Å². The highest BCUT2D eigenvalue weighted by Crippen LogP contribution is 2.07. The first-order chi connectivity index (χ1) is 6.09. The molecule has 1 fully saturated rings. The van der Waals surface area contributed by atoms with E-state index < -0.39 is 6.04 Å². The van der Waals surface area contributed by atoms with Crippen LogP contribution < -0.4 is 11.1 Å². The number of amides is 1. The van der Waals surface area contributed by atoms with Crippen molar-refractivity contribution in [3.05, 3.63) is 0 Å². The summed E-state index contributed by atoms with van der Waals surface area (Å²) in [6.45, 7) is 3.78. The highest BCUT2D eigenvalue weighted by molar-refractivity contribution is 5.81. The van der Waals surface area contributed by atoms with Crippen LogP contribution in [0.3, 0.4) is 0 Å². The summed E-state index contributed by atoms with van der Waals surface area (Å²) in [5, 5.41) is 2.94. The molecule has 1 rings (SSSR count). The van der Waals surface area contributed by atoms with Crippen molar-refractivity contribution in [2.45, 2.75) is 31.8 Å². The monoisotopic (exact) mass is 185 g/mol. The molecule has 76 valence electrons. The average Bonchev–Trinajstić information content (AvgIpc) is 2.04. The van der Waals surface area contributed by atoms with Gasteiger partial charge in [-0.3, -0.25) is 4.79 Å². The van der Waals surface area contributed by atoms with Crippen molar-refractivity contribution in [2.75, 3.05) is 20.1 Å². The van der Waals surface area contributed by atoms with Gasteiger partial charge in [0.1, 0.15) is 0 Å². The van der Waals surface area contributed by atoms with Crippen LogP contribution in [0, 0.1) is 0 Å². The van der Waals surface area contributed by atoms with E-state index in [1.165, 1.54) is 0 Å². The van der Waals surface area contributed by atoms with Crippen LogP contribution >= 0.6 is 0 Å². The van der Waals surface area contributed by atoms with Crippen LogP contribution in [0.4, 0.5) is 0 Å². The van der Waals surface area contributed by atoms with E-state index >= 15 is 0 Å². The van der Waals surface area contributed by atoms with E-state index in [0.29, 0.717) is 0 Å². The number of likely N-dealkylation sites (tertiary alicyclic amines) is 1. The van der Waals surface area contributed by atoms with Crippen molar-refractivity contribution in [1.29, 1.82) is 0 Å². The summed E-state index contributed by atoms with van der Waals surface area (Å²) in [6, 6.07) is -0.107. The lowest BCUT2D eigenvalue weighted by atomic mass is 10.1. The molecule has 0 radical (unpaired) electrons. The van der Waals surface area contributed by atoms with Crippen molar-refractivity contribution in [3.8, 4) is 0 Å². The second-order valence-corrected chi connectivity index (χ2v) is 3.90. The highest BCUT2D eigenvalue weighted by atomic mass is 16.2. The highest BCUT2D eigenvalue weighted by Gasteiger charge is 2.19. The zero-order valence-corrected chi connectivity index (χ0v) is 8.42. The lowest BCUT2D eigenvalue weighted by molar-refractivity contribution is -0.123.